The lowest BCUT2D eigenvalue weighted by Gasteiger charge is -2.16. The summed E-state index contributed by atoms with van der Waals surface area (Å²) >= 11 is 1.51. The first kappa shape index (κ1) is 17.0. The average Bonchev–Trinajstić information content (AvgIpc) is 3.20. The molecule has 134 valence electrons. The standard InChI is InChI=1S/C20H15N3O3S/c21-19-18(17-7-4-10-27-17)15-9-8-14(23(25)26)11-16(15)20(24)22(19)12-13-5-2-1-3-6-13/h1-11H,12,21H2. The van der Waals surface area contributed by atoms with Crippen molar-refractivity contribution in [2.24, 2.45) is 0 Å². The second-order valence-electron chi connectivity index (χ2n) is 6.10. The van der Waals surface area contributed by atoms with Crippen molar-refractivity contribution in [3.63, 3.8) is 0 Å². The van der Waals surface area contributed by atoms with Gasteiger partial charge in [-0.25, -0.2) is 0 Å². The summed E-state index contributed by atoms with van der Waals surface area (Å²) in [5.74, 6) is 0.354. The molecule has 0 spiro atoms. The van der Waals surface area contributed by atoms with Crippen LogP contribution >= 0.6 is 11.3 Å². The Morgan fingerprint density at radius 2 is 1.81 bits per heavy atom. The zero-order valence-corrected chi connectivity index (χ0v) is 15.0. The summed E-state index contributed by atoms with van der Waals surface area (Å²) in [4.78, 5) is 24.7. The molecule has 2 aromatic carbocycles. The maximum absolute atomic E-state index is 13.1. The predicted octanol–water partition coefficient (Wildman–Crippen LogP) is 4.27. The molecule has 0 aliphatic rings. The molecule has 6 nitrogen and oxygen atoms in total. The number of nitro groups is 1. The van der Waals surface area contributed by atoms with Crippen molar-refractivity contribution in [3.05, 3.63) is 92.1 Å². The highest BCUT2D eigenvalue weighted by Crippen LogP contribution is 2.36. The summed E-state index contributed by atoms with van der Waals surface area (Å²) in [6.07, 6.45) is 0. The first-order chi connectivity index (χ1) is 13.1. The highest BCUT2D eigenvalue weighted by atomic mass is 32.1. The number of fused-ring (bicyclic) bond motifs is 1. The Labute approximate surface area is 158 Å². The summed E-state index contributed by atoms with van der Waals surface area (Å²) in [5, 5.41) is 14.0. The SMILES string of the molecule is Nc1c(-c2cccs2)c2ccc([N+](=O)[O-])cc2c(=O)n1Cc1ccccc1. The van der Waals surface area contributed by atoms with Crippen molar-refractivity contribution < 1.29 is 4.92 Å². The first-order valence-electron chi connectivity index (χ1n) is 8.24. The Kier molecular flexibility index (Phi) is 4.21. The second kappa shape index (κ2) is 6.69. The van der Waals surface area contributed by atoms with E-state index in [4.69, 9.17) is 5.73 Å². The number of nitrogens with two attached hydrogens (primary N) is 1. The fourth-order valence-electron chi connectivity index (χ4n) is 3.17. The van der Waals surface area contributed by atoms with Gasteiger partial charge in [0.25, 0.3) is 11.2 Å². The monoisotopic (exact) mass is 377 g/mol. The average molecular weight is 377 g/mol. The molecule has 2 heterocycles. The first-order valence-corrected chi connectivity index (χ1v) is 9.12. The smallest absolute Gasteiger partial charge is 0.270 e. The molecule has 4 aromatic rings. The van der Waals surface area contributed by atoms with Crippen molar-refractivity contribution in [1.29, 1.82) is 0 Å². The van der Waals surface area contributed by atoms with E-state index >= 15 is 0 Å². The molecular formula is C20H15N3O3S. The predicted molar refractivity (Wildman–Crippen MR) is 108 cm³/mol. The van der Waals surface area contributed by atoms with Crippen LogP contribution < -0.4 is 11.3 Å². The van der Waals surface area contributed by atoms with Gasteiger partial charge in [-0.2, -0.15) is 0 Å². The van der Waals surface area contributed by atoms with Crippen molar-refractivity contribution in [3.8, 4) is 10.4 Å². The lowest BCUT2D eigenvalue weighted by molar-refractivity contribution is -0.384. The summed E-state index contributed by atoms with van der Waals surface area (Å²) < 4.78 is 1.48. The zero-order chi connectivity index (χ0) is 19.0. The third-order valence-corrected chi connectivity index (χ3v) is 5.34. The number of nitrogens with zero attached hydrogens (tertiary/aromatic N) is 2. The van der Waals surface area contributed by atoms with Crippen LogP contribution in [0.15, 0.2) is 70.8 Å². The van der Waals surface area contributed by atoms with Gasteiger partial charge in [0.15, 0.2) is 0 Å². The second-order valence-corrected chi connectivity index (χ2v) is 7.05. The normalized spacial score (nSPS) is 11.0. The summed E-state index contributed by atoms with van der Waals surface area (Å²) in [6.45, 7) is 0.294. The minimum absolute atomic E-state index is 0.118. The third kappa shape index (κ3) is 2.98. The van der Waals surface area contributed by atoms with Crippen LogP contribution in [0.4, 0.5) is 11.5 Å². The van der Waals surface area contributed by atoms with Gasteiger partial charge >= 0.3 is 0 Å². The largest absolute Gasteiger partial charge is 0.384 e. The Bertz CT molecular complexity index is 1200. The van der Waals surface area contributed by atoms with Crippen molar-refractivity contribution >= 4 is 33.6 Å². The number of benzene rings is 2. The van der Waals surface area contributed by atoms with E-state index in [-0.39, 0.29) is 16.6 Å². The molecule has 0 radical (unpaired) electrons. The highest BCUT2D eigenvalue weighted by molar-refractivity contribution is 7.13. The van der Waals surface area contributed by atoms with Crippen LogP contribution in [-0.2, 0) is 6.54 Å². The van der Waals surface area contributed by atoms with Gasteiger partial charge in [0.2, 0.25) is 0 Å². The van der Waals surface area contributed by atoms with Crippen LogP contribution in [0.2, 0.25) is 0 Å². The number of hydrogen-bond acceptors (Lipinski definition) is 5. The third-order valence-electron chi connectivity index (χ3n) is 4.46. The van der Waals surface area contributed by atoms with E-state index in [1.165, 1.54) is 28.0 Å². The molecule has 27 heavy (non-hydrogen) atoms. The van der Waals surface area contributed by atoms with E-state index in [9.17, 15) is 14.9 Å². The quantitative estimate of drug-likeness (QED) is 0.425. The van der Waals surface area contributed by atoms with E-state index in [0.29, 0.717) is 17.7 Å². The molecule has 2 aromatic heterocycles. The molecule has 0 saturated heterocycles. The fourth-order valence-corrected chi connectivity index (χ4v) is 3.96. The summed E-state index contributed by atoms with van der Waals surface area (Å²) in [5.41, 5.74) is 7.62. The molecule has 2 N–H and O–H groups in total. The van der Waals surface area contributed by atoms with Gasteiger partial charge in [-0.05, 0) is 28.5 Å². The molecule has 0 aliphatic heterocycles. The van der Waals surface area contributed by atoms with Crippen LogP contribution in [0, 0.1) is 10.1 Å². The zero-order valence-electron chi connectivity index (χ0n) is 14.2. The van der Waals surface area contributed by atoms with Crippen LogP contribution in [0.25, 0.3) is 21.2 Å². The number of nitrogen functional groups attached to an aromatic ring is 1. The molecule has 4 rings (SSSR count). The highest BCUT2D eigenvalue weighted by Gasteiger charge is 2.19. The topological polar surface area (TPSA) is 91.2 Å². The summed E-state index contributed by atoms with van der Waals surface area (Å²) in [7, 11) is 0. The fraction of sp³-hybridized carbons (Fsp3) is 0.0500. The molecule has 0 amide bonds. The Morgan fingerprint density at radius 3 is 2.48 bits per heavy atom. The van der Waals surface area contributed by atoms with E-state index in [1.807, 2.05) is 47.8 Å². The molecule has 7 heteroatoms. The van der Waals surface area contributed by atoms with Gasteiger partial charge < -0.3 is 5.73 Å². The van der Waals surface area contributed by atoms with E-state index < -0.39 is 4.92 Å². The lowest BCUT2D eigenvalue weighted by Crippen LogP contribution is -2.24. The molecule has 0 atom stereocenters. The Balaban J connectivity index is 2.05. The van der Waals surface area contributed by atoms with E-state index in [1.54, 1.807) is 6.07 Å². The Hall–Kier alpha value is -3.45. The van der Waals surface area contributed by atoms with Gasteiger partial charge in [-0.1, -0.05) is 36.4 Å². The minimum Gasteiger partial charge on any atom is -0.384 e. The molecule has 0 bridgehead atoms. The maximum atomic E-state index is 13.1. The number of pyridine rings is 1. The van der Waals surface area contributed by atoms with E-state index in [0.717, 1.165) is 16.0 Å². The molecular weight excluding hydrogens is 362 g/mol. The number of non-ortho nitro benzene ring substituents is 1. The molecule has 0 unspecified atom stereocenters. The number of thiophene rings is 1. The van der Waals surface area contributed by atoms with Crippen molar-refractivity contribution in [2.75, 3.05) is 5.73 Å². The lowest BCUT2D eigenvalue weighted by atomic mass is 10.0. The molecule has 0 saturated carbocycles. The van der Waals surface area contributed by atoms with Crippen LogP contribution in [0.1, 0.15) is 5.56 Å². The van der Waals surface area contributed by atoms with Crippen molar-refractivity contribution in [1.82, 2.24) is 4.57 Å². The van der Waals surface area contributed by atoms with E-state index in [2.05, 4.69) is 0 Å². The number of rotatable bonds is 4. The number of hydrogen-bond donors (Lipinski definition) is 1. The minimum atomic E-state index is -0.498. The van der Waals surface area contributed by atoms with Crippen LogP contribution in [0.3, 0.4) is 0 Å². The van der Waals surface area contributed by atoms with Gasteiger partial charge in [-0.3, -0.25) is 19.5 Å². The maximum Gasteiger partial charge on any atom is 0.270 e. The molecule has 0 fully saturated rings. The number of anilines is 1. The van der Waals surface area contributed by atoms with Crippen LogP contribution in [-0.4, -0.2) is 9.49 Å². The number of nitro benzene ring substituents is 1. The molecule has 0 aliphatic carbocycles. The van der Waals surface area contributed by atoms with Gasteiger partial charge in [0.05, 0.1) is 16.9 Å². The van der Waals surface area contributed by atoms with Gasteiger partial charge in [-0.15, -0.1) is 11.3 Å². The van der Waals surface area contributed by atoms with Gasteiger partial charge in [0, 0.05) is 22.6 Å². The Morgan fingerprint density at radius 1 is 1.04 bits per heavy atom. The summed E-state index contributed by atoms with van der Waals surface area (Å²) in [6, 6.07) is 17.7. The van der Waals surface area contributed by atoms with Crippen molar-refractivity contribution in [2.45, 2.75) is 6.54 Å². The number of aromatic nitrogens is 1. The van der Waals surface area contributed by atoms with Crippen LogP contribution in [0.5, 0.6) is 0 Å². The van der Waals surface area contributed by atoms with Gasteiger partial charge in [0.1, 0.15) is 5.82 Å².